The summed E-state index contributed by atoms with van der Waals surface area (Å²) in [6.45, 7) is 3.84. The highest BCUT2D eigenvalue weighted by molar-refractivity contribution is 5.77. The van der Waals surface area contributed by atoms with Crippen LogP contribution in [0.25, 0.3) is 6.08 Å². The fourth-order valence-electron chi connectivity index (χ4n) is 3.39. The number of nitrogens with zero attached hydrogens (tertiary/aromatic N) is 1. The molecule has 0 saturated carbocycles. The van der Waals surface area contributed by atoms with Crippen molar-refractivity contribution >= 4 is 12.3 Å². The summed E-state index contributed by atoms with van der Waals surface area (Å²) in [7, 11) is 0. The molecule has 0 spiro atoms. The molecule has 0 radical (unpaired) electrons. The first-order valence-electron chi connectivity index (χ1n) is 9.76. The molecule has 0 aliphatic heterocycles. The molecule has 0 amide bonds. The second-order valence-electron chi connectivity index (χ2n) is 7.30. The minimum atomic E-state index is -0.528. The van der Waals surface area contributed by atoms with Gasteiger partial charge in [0.05, 0.1) is 0 Å². The van der Waals surface area contributed by atoms with E-state index in [4.69, 9.17) is 0 Å². The number of allylic oxidation sites excluding steroid dienone is 1. The molecule has 3 rings (SSSR count). The van der Waals surface area contributed by atoms with E-state index in [0.717, 1.165) is 21.4 Å². The SMILES string of the molecule is CC(C)/[N+]([O-])=C\C(C/C=C/c1ccccc1)(c1ccccc1)c1ccccc1. The van der Waals surface area contributed by atoms with Crippen molar-refractivity contribution in [3.05, 3.63) is 119 Å². The van der Waals surface area contributed by atoms with Gasteiger partial charge in [-0.05, 0) is 37.0 Å². The van der Waals surface area contributed by atoms with E-state index >= 15 is 0 Å². The third-order valence-electron chi connectivity index (χ3n) is 4.98. The minimum Gasteiger partial charge on any atom is -0.624 e. The molecule has 0 unspecified atom stereocenters. The molecule has 3 aromatic rings. The van der Waals surface area contributed by atoms with E-state index in [0.29, 0.717) is 6.42 Å². The average molecular weight is 370 g/mol. The molecule has 0 saturated heterocycles. The lowest BCUT2D eigenvalue weighted by Crippen LogP contribution is -2.34. The Morgan fingerprint density at radius 3 is 1.71 bits per heavy atom. The van der Waals surface area contributed by atoms with E-state index in [1.54, 1.807) is 0 Å². The first-order valence-corrected chi connectivity index (χ1v) is 9.76. The monoisotopic (exact) mass is 369 g/mol. The summed E-state index contributed by atoms with van der Waals surface area (Å²) in [5.74, 6) is 0. The van der Waals surface area contributed by atoms with E-state index in [1.165, 1.54) is 0 Å². The lowest BCUT2D eigenvalue weighted by Gasteiger charge is -2.30. The Balaban J connectivity index is 2.12. The highest BCUT2D eigenvalue weighted by Gasteiger charge is 2.35. The van der Waals surface area contributed by atoms with Crippen LogP contribution in [0.3, 0.4) is 0 Å². The predicted octanol–water partition coefficient (Wildman–Crippen LogP) is 6.07. The first-order chi connectivity index (χ1) is 13.6. The zero-order chi connectivity index (χ0) is 19.8. The molecule has 142 valence electrons. The Labute approximate surface area is 168 Å². The van der Waals surface area contributed by atoms with Crippen LogP contribution in [0.4, 0.5) is 0 Å². The lowest BCUT2D eigenvalue weighted by molar-refractivity contribution is -0.489. The van der Waals surface area contributed by atoms with Crippen LogP contribution in [-0.2, 0) is 5.41 Å². The van der Waals surface area contributed by atoms with Crippen LogP contribution in [0, 0.1) is 5.21 Å². The molecular formula is C26H27NO. The first kappa shape index (κ1) is 19.6. The van der Waals surface area contributed by atoms with Gasteiger partial charge in [0.15, 0.2) is 12.3 Å². The standard InChI is InChI=1S/C26H27NO/c1-22(2)27(28)21-26(24-16-8-4-9-17-24,25-18-10-5-11-19-25)20-12-15-23-13-6-3-7-14-23/h3-19,21-22H,20H2,1-2H3/b15-12+,27-21+. The molecule has 0 heterocycles. The highest BCUT2D eigenvalue weighted by Crippen LogP contribution is 2.35. The van der Waals surface area contributed by atoms with Gasteiger partial charge in [-0.15, -0.1) is 0 Å². The van der Waals surface area contributed by atoms with Crippen molar-refractivity contribution in [2.75, 3.05) is 0 Å². The molecule has 2 nitrogen and oxygen atoms in total. The molecule has 2 heteroatoms. The highest BCUT2D eigenvalue weighted by atomic mass is 16.5. The molecule has 0 fully saturated rings. The molecular weight excluding hydrogens is 342 g/mol. The van der Waals surface area contributed by atoms with Crippen molar-refractivity contribution in [2.24, 2.45) is 0 Å². The molecule has 0 atom stereocenters. The van der Waals surface area contributed by atoms with Crippen LogP contribution in [0.1, 0.15) is 37.0 Å². The number of benzene rings is 3. The minimum absolute atomic E-state index is 0.120. The van der Waals surface area contributed by atoms with Gasteiger partial charge in [0, 0.05) is 0 Å². The zero-order valence-electron chi connectivity index (χ0n) is 16.5. The van der Waals surface area contributed by atoms with Gasteiger partial charge in [0.25, 0.3) is 0 Å². The van der Waals surface area contributed by atoms with Gasteiger partial charge in [-0.25, -0.2) is 4.74 Å². The van der Waals surface area contributed by atoms with E-state index < -0.39 is 5.41 Å². The van der Waals surface area contributed by atoms with Crippen molar-refractivity contribution in [1.82, 2.24) is 0 Å². The largest absolute Gasteiger partial charge is 0.624 e. The molecule has 3 aromatic carbocycles. The summed E-state index contributed by atoms with van der Waals surface area (Å²) in [5, 5.41) is 12.8. The summed E-state index contributed by atoms with van der Waals surface area (Å²) in [4.78, 5) is 0. The third kappa shape index (κ3) is 4.58. The van der Waals surface area contributed by atoms with Gasteiger partial charge in [-0.1, -0.05) is 103 Å². The number of hydroxylamine groups is 1. The van der Waals surface area contributed by atoms with Crippen molar-refractivity contribution in [1.29, 1.82) is 0 Å². The van der Waals surface area contributed by atoms with Crippen LogP contribution >= 0.6 is 0 Å². The van der Waals surface area contributed by atoms with Crippen LogP contribution < -0.4 is 0 Å². The number of hydrogen-bond donors (Lipinski definition) is 0. The van der Waals surface area contributed by atoms with E-state index in [-0.39, 0.29) is 6.04 Å². The zero-order valence-corrected chi connectivity index (χ0v) is 16.5. The van der Waals surface area contributed by atoms with Crippen LogP contribution in [0.2, 0.25) is 0 Å². The Morgan fingerprint density at radius 2 is 1.25 bits per heavy atom. The smallest absolute Gasteiger partial charge is 0.166 e. The summed E-state index contributed by atoms with van der Waals surface area (Å²) in [6, 6.07) is 30.7. The maximum Gasteiger partial charge on any atom is 0.166 e. The molecule has 0 bridgehead atoms. The van der Waals surface area contributed by atoms with Crippen molar-refractivity contribution in [2.45, 2.75) is 31.7 Å². The van der Waals surface area contributed by atoms with Crippen molar-refractivity contribution in [3.8, 4) is 0 Å². The Morgan fingerprint density at radius 1 is 0.786 bits per heavy atom. The summed E-state index contributed by atoms with van der Waals surface area (Å²) in [5.41, 5.74) is 2.85. The Kier molecular flexibility index (Phi) is 6.44. The van der Waals surface area contributed by atoms with Crippen LogP contribution in [0.15, 0.2) is 97.1 Å². The maximum atomic E-state index is 12.8. The fourth-order valence-corrected chi connectivity index (χ4v) is 3.39. The summed E-state index contributed by atoms with van der Waals surface area (Å²) < 4.78 is 1.08. The summed E-state index contributed by atoms with van der Waals surface area (Å²) in [6.07, 6.45) is 6.83. The van der Waals surface area contributed by atoms with Gasteiger partial charge >= 0.3 is 0 Å². The normalized spacial score (nSPS) is 12.6. The molecule has 0 aliphatic rings. The van der Waals surface area contributed by atoms with Gasteiger partial charge in [0.2, 0.25) is 0 Å². The van der Waals surface area contributed by atoms with Crippen molar-refractivity contribution in [3.63, 3.8) is 0 Å². The average Bonchev–Trinajstić information content (AvgIpc) is 2.75. The van der Waals surface area contributed by atoms with E-state index in [1.807, 2.05) is 74.7 Å². The number of rotatable bonds is 7. The Hall–Kier alpha value is -3.13. The van der Waals surface area contributed by atoms with Gasteiger partial charge in [-0.3, -0.25) is 0 Å². The van der Waals surface area contributed by atoms with E-state index in [9.17, 15) is 5.21 Å². The molecule has 0 N–H and O–H groups in total. The number of hydrogen-bond acceptors (Lipinski definition) is 1. The van der Waals surface area contributed by atoms with Crippen LogP contribution in [-0.4, -0.2) is 17.0 Å². The van der Waals surface area contributed by atoms with Crippen LogP contribution in [0.5, 0.6) is 0 Å². The van der Waals surface area contributed by atoms with E-state index in [2.05, 4.69) is 48.6 Å². The second kappa shape index (κ2) is 9.18. The van der Waals surface area contributed by atoms with Gasteiger partial charge in [0.1, 0.15) is 5.41 Å². The second-order valence-corrected chi connectivity index (χ2v) is 7.30. The lowest BCUT2D eigenvalue weighted by atomic mass is 9.72. The molecule has 28 heavy (non-hydrogen) atoms. The topological polar surface area (TPSA) is 26.1 Å². The molecule has 0 aromatic heterocycles. The third-order valence-corrected chi connectivity index (χ3v) is 4.98. The predicted molar refractivity (Wildman–Crippen MR) is 119 cm³/mol. The quantitative estimate of drug-likeness (QED) is 0.215. The van der Waals surface area contributed by atoms with Gasteiger partial charge < -0.3 is 5.21 Å². The Bertz CT molecular complexity index is 873. The van der Waals surface area contributed by atoms with Gasteiger partial charge in [-0.2, -0.15) is 0 Å². The summed E-state index contributed by atoms with van der Waals surface area (Å²) >= 11 is 0. The molecule has 0 aliphatic carbocycles. The maximum absolute atomic E-state index is 12.8. The van der Waals surface area contributed by atoms with Crippen molar-refractivity contribution < 1.29 is 4.74 Å². The fraction of sp³-hybridized carbons (Fsp3) is 0.192.